The molecule has 0 N–H and O–H groups in total. The molecule has 2 aliphatic rings. The van der Waals surface area contributed by atoms with E-state index in [-0.39, 0.29) is 11.8 Å². The fraction of sp³-hybridized carbons (Fsp3) is 0.381. The number of piperazine rings is 1. The summed E-state index contributed by atoms with van der Waals surface area (Å²) in [5, 5.41) is 1.38. The quantitative estimate of drug-likeness (QED) is 0.685. The maximum Gasteiger partial charge on any atom is 0.256 e. The number of pyridine rings is 1. The molecule has 2 amide bonds. The number of halogens is 3. The molecule has 1 aromatic heterocycles. The number of carbonyl (C=O) groups excluding carboxylic acids is 2. The molecule has 158 valence electrons. The Balaban J connectivity index is 1.44. The summed E-state index contributed by atoms with van der Waals surface area (Å²) in [5.41, 5.74) is 0.332. The normalized spacial score (nSPS) is 19.3. The van der Waals surface area contributed by atoms with Gasteiger partial charge in [0.2, 0.25) is 5.91 Å². The molecular formula is C21H21Cl3N4O2. The highest BCUT2D eigenvalue weighted by Gasteiger charge is 2.38. The van der Waals surface area contributed by atoms with E-state index in [1.165, 1.54) is 0 Å². The molecule has 4 rings (SSSR count). The second-order valence-electron chi connectivity index (χ2n) is 7.40. The van der Waals surface area contributed by atoms with Crippen molar-refractivity contribution in [2.24, 2.45) is 0 Å². The van der Waals surface area contributed by atoms with E-state index in [0.717, 1.165) is 12.2 Å². The van der Waals surface area contributed by atoms with Crippen LogP contribution in [0.25, 0.3) is 0 Å². The standard InChI is InChI=1S/C21H21Cl3N4O2/c22-14-5-6-16(23)15(13-14)20(29)28-8-2-4-18(28)21(30)27-11-9-26(10-12-27)19-17(24)3-1-7-25-19/h1,3,5-7,13,18H,2,4,8-12H2. The maximum absolute atomic E-state index is 13.2. The molecule has 1 atom stereocenters. The summed E-state index contributed by atoms with van der Waals surface area (Å²) < 4.78 is 0. The number of benzene rings is 1. The van der Waals surface area contributed by atoms with Crippen molar-refractivity contribution in [3.63, 3.8) is 0 Å². The topological polar surface area (TPSA) is 56.8 Å². The Morgan fingerprint density at radius 1 is 0.967 bits per heavy atom. The molecule has 0 spiro atoms. The number of hydrogen-bond acceptors (Lipinski definition) is 4. The van der Waals surface area contributed by atoms with Gasteiger partial charge in [-0.2, -0.15) is 0 Å². The van der Waals surface area contributed by atoms with Crippen LogP contribution in [0, 0.1) is 0 Å². The highest BCUT2D eigenvalue weighted by molar-refractivity contribution is 6.35. The fourth-order valence-corrected chi connectivity index (χ4v) is 4.65. The first-order valence-corrected chi connectivity index (χ1v) is 11.0. The van der Waals surface area contributed by atoms with Crippen LogP contribution in [-0.4, -0.2) is 65.4 Å². The van der Waals surface area contributed by atoms with Crippen LogP contribution in [0.4, 0.5) is 5.82 Å². The Bertz CT molecular complexity index is 963. The summed E-state index contributed by atoms with van der Waals surface area (Å²) in [4.78, 5) is 36.2. The van der Waals surface area contributed by atoms with Crippen LogP contribution in [0.3, 0.4) is 0 Å². The van der Waals surface area contributed by atoms with Gasteiger partial charge in [-0.15, -0.1) is 0 Å². The first-order valence-electron chi connectivity index (χ1n) is 9.86. The Hall–Kier alpha value is -2.02. The van der Waals surface area contributed by atoms with Crippen LogP contribution in [0.1, 0.15) is 23.2 Å². The van der Waals surface area contributed by atoms with Crippen molar-refractivity contribution in [2.45, 2.75) is 18.9 Å². The van der Waals surface area contributed by atoms with E-state index in [9.17, 15) is 9.59 Å². The molecule has 6 nitrogen and oxygen atoms in total. The van der Waals surface area contributed by atoms with Gasteiger partial charge in [-0.05, 0) is 43.2 Å². The van der Waals surface area contributed by atoms with Crippen molar-refractivity contribution in [3.05, 3.63) is 57.2 Å². The third-order valence-corrected chi connectivity index (χ3v) is 6.45. The molecule has 2 aliphatic heterocycles. The number of rotatable bonds is 3. The number of nitrogens with zero attached hydrogens (tertiary/aromatic N) is 4. The summed E-state index contributed by atoms with van der Waals surface area (Å²) >= 11 is 18.5. The van der Waals surface area contributed by atoms with Crippen LogP contribution in [0.2, 0.25) is 15.1 Å². The first-order chi connectivity index (χ1) is 14.5. The molecule has 2 fully saturated rings. The molecule has 0 radical (unpaired) electrons. The van der Waals surface area contributed by atoms with E-state index < -0.39 is 6.04 Å². The number of likely N-dealkylation sites (tertiary alicyclic amines) is 1. The molecular weight excluding hydrogens is 447 g/mol. The van der Waals surface area contributed by atoms with Crippen molar-refractivity contribution in [1.29, 1.82) is 0 Å². The lowest BCUT2D eigenvalue weighted by atomic mass is 10.1. The molecule has 1 aromatic carbocycles. The highest BCUT2D eigenvalue weighted by Crippen LogP contribution is 2.28. The van der Waals surface area contributed by atoms with Gasteiger partial charge >= 0.3 is 0 Å². The Kier molecular flexibility index (Phi) is 6.37. The molecule has 0 bridgehead atoms. The average Bonchev–Trinajstić information content (AvgIpc) is 3.25. The Morgan fingerprint density at radius 3 is 2.47 bits per heavy atom. The van der Waals surface area contributed by atoms with Crippen molar-refractivity contribution in [2.75, 3.05) is 37.6 Å². The largest absolute Gasteiger partial charge is 0.352 e. The van der Waals surface area contributed by atoms with Gasteiger partial charge in [0.05, 0.1) is 15.6 Å². The Labute approximate surface area is 190 Å². The number of hydrogen-bond donors (Lipinski definition) is 0. The molecule has 30 heavy (non-hydrogen) atoms. The van der Waals surface area contributed by atoms with Crippen LogP contribution in [0.5, 0.6) is 0 Å². The minimum Gasteiger partial charge on any atom is -0.352 e. The Morgan fingerprint density at radius 2 is 1.73 bits per heavy atom. The molecule has 0 aliphatic carbocycles. The number of anilines is 1. The van der Waals surface area contributed by atoms with Gasteiger partial charge < -0.3 is 14.7 Å². The molecule has 9 heteroatoms. The molecule has 3 heterocycles. The lowest BCUT2D eigenvalue weighted by molar-refractivity contribution is -0.135. The average molecular weight is 468 g/mol. The zero-order chi connectivity index (χ0) is 21.3. The summed E-state index contributed by atoms with van der Waals surface area (Å²) in [6.45, 7) is 2.93. The van der Waals surface area contributed by atoms with Gasteiger partial charge in [0, 0.05) is 43.9 Å². The second-order valence-corrected chi connectivity index (χ2v) is 8.65. The minimum atomic E-state index is -0.475. The highest BCUT2D eigenvalue weighted by atomic mass is 35.5. The van der Waals surface area contributed by atoms with Crippen molar-refractivity contribution >= 4 is 52.4 Å². The lowest BCUT2D eigenvalue weighted by Crippen LogP contribution is -2.54. The maximum atomic E-state index is 13.2. The number of carbonyl (C=O) groups is 2. The monoisotopic (exact) mass is 466 g/mol. The zero-order valence-electron chi connectivity index (χ0n) is 16.2. The molecule has 2 aromatic rings. The van der Waals surface area contributed by atoms with Gasteiger partial charge in [-0.25, -0.2) is 4.98 Å². The summed E-state index contributed by atoms with van der Waals surface area (Å²) in [6.07, 6.45) is 3.14. The van der Waals surface area contributed by atoms with Crippen molar-refractivity contribution in [3.8, 4) is 0 Å². The minimum absolute atomic E-state index is 0.0224. The second kappa shape index (κ2) is 9.00. The predicted octanol–water partition coefficient (Wildman–Crippen LogP) is 4.00. The molecule has 0 saturated carbocycles. The van der Waals surface area contributed by atoms with Crippen LogP contribution in [0.15, 0.2) is 36.5 Å². The van der Waals surface area contributed by atoms with Gasteiger partial charge in [0.25, 0.3) is 5.91 Å². The third-order valence-electron chi connectivity index (χ3n) is 5.59. The lowest BCUT2D eigenvalue weighted by Gasteiger charge is -2.38. The van der Waals surface area contributed by atoms with Crippen molar-refractivity contribution < 1.29 is 9.59 Å². The van der Waals surface area contributed by atoms with E-state index in [4.69, 9.17) is 34.8 Å². The van der Waals surface area contributed by atoms with Gasteiger partial charge in [0.1, 0.15) is 11.9 Å². The summed E-state index contributed by atoms with van der Waals surface area (Å²) in [5.74, 6) is 0.461. The van der Waals surface area contributed by atoms with Crippen LogP contribution in [-0.2, 0) is 4.79 Å². The van der Waals surface area contributed by atoms with Gasteiger partial charge in [0.15, 0.2) is 0 Å². The van der Waals surface area contributed by atoms with E-state index >= 15 is 0 Å². The predicted molar refractivity (Wildman–Crippen MR) is 119 cm³/mol. The molecule has 2 saturated heterocycles. The summed E-state index contributed by atoms with van der Waals surface area (Å²) in [7, 11) is 0. The summed E-state index contributed by atoms with van der Waals surface area (Å²) in [6, 6.07) is 7.93. The van der Waals surface area contributed by atoms with Crippen molar-refractivity contribution in [1.82, 2.24) is 14.8 Å². The molecule has 1 unspecified atom stereocenters. The number of amides is 2. The van der Waals surface area contributed by atoms with Crippen LogP contribution < -0.4 is 4.90 Å². The first kappa shape index (κ1) is 21.2. The number of aromatic nitrogens is 1. The third kappa shape index (κ3) is 4.22. The van der Waals surface area contributed by atoms with E-state index in [2.05, 4.69) is 9.88 Å². The van der Waals surface area contributed by atoms with E-state index in [0.29, 0.717) is 59.8 Å². The van der Waals surface area contributed by atoms with Crippen LogP contribution >= 0.6 is 34.8 Å². The SMILES string of the molecule is O=C(C1CCCN1C(=O)c1cc(Cl)ccc1Cl)N1CCN(c2ncccc2Cl)CC1. The van der Waals surface area contributed by atoms with Gasteiger partial charge in [-0.3, -0.25) is 9.59 Å². The fourth-order valence-electron chi connectivity index (χ4n) is 4.04. The van der Waals surface area contributed by atoms with E-state index in [1.807, 2.05) is 11.0 Å². The van der Waals surface area contributed by atoms with Gasteiger partial charge in [-0.1, -0.05) is 34.8 Å². The zero-order valence-corrected chi connectivity index (χ0v) is 18.5. The smallest absolute Gasteiger partial charge is 0.256 e. The van der Waals surface area contributed by atoms with E-state index in [1.54, 1.807) is 35.4 Å².